The highest BCUT2D eigenvalue weighted by Crippen LogP contribution is 2.38. The largest absolute Gasteiger partial charge is 0.462 e. The van der Waals surface area contributed by atoms with Gasteiger partial charge in [0.1, 0.15) is 5.00 Å². The van der Waals surface area contributed by atoms with Crippen LogP contribution in [0.4, 0.5) is 5.00 Å². The number of nitrogens with zero attached hydrogens (tertiary/aromatic N) is 4. The second-order valence-electron chi connectivity index (χ2n) is 7.03. The van der Waals surface area contributed by atoms with Crippen molar-refractivity contribution >= 4 is 40.0 Å². The number of hydrogen-bond donors (Lipinski definition) is 1. The van der Waals surface area contributed by atoms with E-state index in [-0.39, 0.29) is 17.6 Å². The van der Waals surface area contributed by atoms with Crippen molar-refractivity contribution in [2.45, 2.75) is 44.2 Å². The Morgan fingerprint density at radius 1 is 1.19 bits per heavy atom. The summed E-state index contributed by atoms with van der Waals surface area (Å²) in [6.45, 7) is 2.09. The normalized spacial score (nSPS) is 13.3. The Hall–Kier alpha value is -2.72. The van der Waals surface area contributed by atoms with Crippen LogP contribution < -0.4 is 5.32 Å². The maximum atomic E-state index is 12.7. The van der Waals surface area contributed by atoms with E-state index in [0.717, 1.165) is 43.4 Å². The van der Waals surface area contributed by atoms with Crippen LogP contribution in [-0.2, 0) is 22.4 Å². The minimum atomic E-state index is -0.363. The summed E-state index contributed by atoms with van der Waals surface area (Å²) in [4.78, 5) is 26.5. The Morgan fingerprint density at radius 2 is 2.00 bits per heavy atom. The van der Waals surface area contributed by atoms with Crippen molar-refractivity contribution in [1.29, 1.82) is 0 Å². The summed E-state index contributed by atoms with van der Waals surface area (Å²) in [6, 6.07) is 9.50. The molecule has 31 heavy (non-hydrogen) atoms. The molecule has 8 nitrogen and oxygen atoms in total. The Balaban J connectivity index is 1.48. The number of aryl methyl sites for hydroxylation is 1. The maximum Gasteiger partial charge on any atom is 0.341 e. The van der Waals surface area contributed by atoms with Gasteiger partial charge in [-0.3, -0.25) is 4.79 Å². The SMILES string of the molecule is CCOC(=O)c1c(NC(=O)CSc2nnnn2-c2ccccc2)sc2c1CCCCC2. The molecule has 0 atom stereocenters. The van der Waals surface area contributed by atoms with Crippen LogP contribution in [0, 0.1) is 0 Å². The van der Waals surface area contributed by atoms with Crippen LogP contribution in [-0.4, -0.2) is 44.4 Å². The molecule has 1 aliphatic rings. The molecule has 4 rings (SSSR count). The fourth-order valence-electron chi connectivity index (χ4n) is 3.54. The Morgan fingerprint density at radius 3 is 2.81 bits per heavy atom. The summed E-state index contributed by atoms with van der Waals surface area (Å²) < 4.78 is 6.87. The van der Waals surface area contributed by atoms with E-state index in [0.29, 0.717) is 22.3 Å². The molecule has 0 saturated carbocycles. The lowest BCUT2D eigenvalue weighted by Gasteiger charge is -2.08. The second-order valence-corrected chi connectivity index (χ2v) is 9.08. The van der Waals surface area contributed by atoms with E-state index < -0.39 is 0 Å². The highest BCUT2D eigenvalue weighted by atomic mass is 32.2. The number of anilines is 1. The smallest absolute Gasteiger partial charge is 0.341 e. The van der Waals surface area contributed by atoms with Crippen LogP contribution in [0.2, 0.25) is 0 Å². The fourth-order valence-corrected chi connectivity index (χ4v) is 5.53. The van der Waals surface area contributed by atoms with Crippen LogP contribution in [0.25, 0.3) is 5.69 Å². The van der Waals surface area contributed by atoms with Gasteiger partial charge in [0.25, 0.3) is 0 Å². The molecule has 0 radical (unpaired) electrons. The van der Waals surface area contributed by atoms with Crippen molar-refractivity contribution in [3.8, 4) is 5.69 Å². The molecule has 0 spiro atoms. The van der Waals surface area contributed by atoms with Gasteiger partial charge in [0.15, 0.2) is 0 Å². The van der Waals surface area contributed by atoms with E-state index in [4.69, 9.17) is 4.74 Å². The molecule has 0 fully saturated rings. The third-order valence-electron chi connectivity index (χ3n) is 4.93. The van der Waals surface area contributed by atoms with Crippen molar-refractivity contribution in [2.24, 2.45) is 0 Å². The summed E-state index contributed by atoms with van der Waals surface area (Å²) in [5.41, 5.74) is 2.38. The Bertz CT molecular complexity index is 1060. The number of esters is 1. The number of amides is 1. The Labute approximate surface area is 188 Å². The van der Waals surface area contributed by atoms with Crippen LogP contribution in [0.15, 0.2) is 35.5 Å². The first-order chi connectivity index (χ1) is 15.2. The van der Waals surface area contributed by atoms with Crippen molar-refractivity contribution < 1.29 is 14.3 Å². The van der Waals surface area contributed by atoms with Gasteiger partial charge < -0.3 is 10.1 Å². The lowest BCUT2D eigenvalue weighted by molar-refractivity contribution is -0.113. The molecule has 1 aliphatic carbocycles. The quantitative estimate of drug-likeness (QED) is 0.326. The van der Waals surface area contributed by atoms with E-state index in [1.165, 1.54) is 28.0 Å². The lowest BCUT2D eigenvalue weighted by Crippen LogP contribution is -2.17. The summed E-state index contributed by atoms with van der Waals surface area (Å²) >= 11 is 2.74. The number of para-hydroxylation sites is 1. The van der Waals surface area contributed by atoms with Crippen molar-refractivity contribution in [1.82, 2.24) is 20.2 Å². The number of thioether (sulfide) groups is 1. The second kappa shape index (κ2) is 10.1. The van der Waals surface area contributed by atoms with Crippen molar-refractivity contribution in [2.75, 3.05) is 17.7 Å². The average Bonchev–Trinajstić information content (AvgIpc) is 3.31. The third-order valence-corrected chi connectivity index (χ3v) is 7.05. The van der Waals surface area contributed by atoms with Crippen LogP contribution in [0.5, 0.6) is 0 Å². The maximum absolute atomic E-state index is 12.7. The highest BCUT2D eigenvalue weighted by molar-refractivity contribution is 7.99. The fraction of sp³-hybridized carbons (Fsp3) is 0.381. The number of carbonyl (C=O) groups is 2. The van der Waals surface area contributed by atoms with Crippen molar-refractivity contribution in [3.05, 3.63) is 46.3 Å². The number of benzene rings is 1. The molecule has 0 unspecified atom stereocenters. The summed E-state index contributed by atoms with van der Waals surface area (Å²) in [5.74, 6) is -0.453. The molecule has 162 valence electrons. The molecule has 1 aromatic carbocycles. The van der Waals surface area contributed by atoms with Crippen LogP contribution in [0.1, 0.15) is 47.0 Å². The number of ether oxygens (including phenoxy) is 1. The molecule has 2 aromatic heterocycles. The van der Waals surface area contributed by atoms with Gasteiger partial charge >= 0.3 is 5.97 Å². The molecule has 1 N–H and O–H groups in total. The van der Waals surface area contributed by atoms with E-state index in [9.17, 15) is 9.59 Å². The van der Waals surface area contributed by atoms with Gasteiger partial charge in [0.05, 0.1) is 23.6 Å². The van der Waals surface area contributed by atoms with Gasteiger partial charge in [0, 0.05) is 4.88 Å². The first-order valence-corrected chi connectivity index (χ1v) is 12.1. The molecule has 10 heteroatoms. The number of nitrogens with one attached hydrogen (secondary N) is 1. The minimum absolute atomic E-state index is 0.123. The number of thiophene rings is 1. The minimum Gasteiger partial charge on any atom is -0.462 e. The van der Waals surface area contributed by atoms with Gasteiger partial charge in [0.2, 0.25) is 11.1 Å². The third kappa shape index (κ3) is 4.96. The van der Waals surface area contributed by atoms with E-state index in [2.05, 4.69) is 20.8 Å². The molecule has 0 bridgehead atoms. The first-order valence-electron chi connectivity index (χ1n) is 10.3. The standard InChI is InChI=1S/C21H23N5O3S2/c1-2-29-20(28)18-15-11-7-4-8-12-16(15)31-19(18)22-17(27)13-30-21-23-24-25-26(21)14-9-5-3-6-10-14/h3,5-6,9-10H,2,4,7-8,11-13H2,1H3,(H,22,27). The molecule has 2 heterocycles. The average molecular weight is 458 g/mol. The number of rotatable bonds is 7. The van der Waals surface area contributed by atoms with Crippen LogP contribution in [0.3, 0.4) is 0 Å². The van der Waals surface area contributed by atoms with Gasteiger partial charge in [-0.2, -0.15) is 4.68 Å². The predicted molar refractivity (Wildman–Crippen MR) is 120 cm³/mol. The number of hydrogen-bond acceptors (Lipinski definition) is 8. The summed E-state index contributed by atoms with van der Waals surface area (Å²) in [7, 11) is 0. The summed E-state index contributed by atoms with van der Waals surface area (Å²) in [5, 5.41) is 15.8. The van der Waals surface area contributed by atoms with Gasteiger partial charge in [-0.1, -0.05) is 36.4 Å². The molecular formula is C21H23N5O3S2. The van der Waals surface area contributed by atoms with E-state index in [1.807, 2.05) is 30.3 Å². The molecular weight excluding hydrogens is 434 g/mol. The number of carbonyl (C=O) groups excluding carboxylic acids is 2. The predicted octanol–water partition coefficient (Wildman–Crippen LogP) is 3.90. The topological polar surface area (TPSA) is 99.0 Å². The van der Waals surface area contributed by atoms with E-state index in [1.54, 1.807) is 11.6 Å². The molecule has 1 amide bonds. The van der Waals surface area contributed by atoms with Gasteiger partial charge in [-0.05, 0) is 60.7 Å². The number of fused-ring (bicyclic) bond motifs is 1. The number of aromatic nitrogens is 4. The Kier molecular flexibility index (Phi) is 6.98. The van der Waals surface area contributed by atoms with Crippen molar-refractivity contribution in [3.63, 3.8) is 0 Å². The zero-order chi connectivity index (χ0) is 21.6. The molecule has 3 aromatic rings. The summed E-state index contributed by atoms with van der Waals surface area (Å²) in [6.07, 6.45) is 5.07. The molecule has 0 aliphatic heterocycles. The van der Waals surface area contributed by atoms with Gasteiger partial charge in [-0.25, -0.2) is 4.79 Å². The van der Waals surface area contributed by atoms with Crippen LogP contribution >= 0.6 is 23.1 Å². The van der Waals surface area contributed by atoms with Gasteiger partial charge in [-0.15, -0.1) is 16.4 Å². The zero-order valence-electron chi connectivity index (χ0n) is 17.2. The molecule has 0 saturated heterocycles. The lowest BCUT2D eigenvalue weighted by atomic mass is 10.1. The monoisotopic (exact) mass is 457 g/mol. The van der Waals surface area contributed by atoms with E-state index >= 15 is 0 Å². The number of tetrazole rings is 1. The first kappa shape index (κ1) is 21.5. The zero-order valence-corrected chi connectivity index (χ0v) is 18.8. The highest BCUT2D eigenvalue weighted by Gasteiger charge is 2.26.